The maximum atomic E-state index is 12.7. The average molecular weight is 399 g/mol. The van der Waals surface area contributed by atoms with Gasteiger partial charge in [-0.2, -0.15) is 0 Å². The predicted octanol–water partition coefficient (Wildman–Crippen LogP) is 3.38. The van der Waals surface area contributed by atoms with Crippen molar-refractivity contribution in [2.24, 2.45) is 18.9 Å². The van der Waals surface area contributed by atoms with Gasteiger partial charge in [-0.05, 0) is 80.5 Å². The van der Waals surface area contributed by atoms with E-state index < -0.39 is 6.10 Å². The second kappa shape index (κ2) is 8.49. The maximum Gasteiger partial charge on any atom is 0.251 e. The molecule has 2 N–H and O–H groups in total. The summed E-state index contributed by atoms with van der Waals surface area (Å²) in [6, 6.07) is 4.11. The number of aryl methyl sites for hydroxylation is 2. The van der Waals surface area contributed by atoms with Crippen LogP contribution in [0.5, 0.6) is 0 Å². The Labute approximate surface area is 173 Å². The number of benzene rings is 1. The van der Waals surface area contributed by atoms with Crippen LogP contribution in [0.2, 0.25) is 0 Å². The molecular weight excluding hydrogens is 364 g/mol. The normalized spacial score (nSPS) is 21.2. The first-order valence-corrected chi connectivity index (χ1v) is 11.2. The van der Waals surface area contributed by atoms with Crippen molar-refractivity contribution in [3.63, 3.8) is 0 Å². The van der Waals surface area contributed by atoms with Crippen molar-refractivity contribution in [1.82, 2.24) is 9.88 Å². The molecule has 29 heavy (non-hydrogen) atoms. The molecule has 5 nitrogen and oxygen atoms in total. The third-order valence-corrected chi connectivity index (χ3v) is 6.95. The highest BCUT2D eigenvalue weighted by Crippen LogP contribution is 2.40. The zero-order valence-electron chi connectivity index (χ0n) is 18.0. The molecule has 1 aromatic heterocycles. The Hall–Kier alpha value is -1.85. The van der Waals surface area contributed by atoms with Crippen LogP contribution in [0, 0.1) is 11.8 Å². The highest BCUT2D eigenvalue weighted by atomic mass is 16.5. The lowest BCUT2D eigenvalue weighted by Crippen LogP contribution is -2.30. The van der Waals surface area contributed by atoms with Gasteiger partial charge in [0.2, 0.25) is 0 Å². The van der Waals surface area contributed by atoms with Crippen LogP contribution in [-0.4, -0.2) is 41.4 Å². The van der Waals surface area contributed by atoms with E-state index in [1.54, 1.807) is 6.92 Å². The fourth-order valence-corrected chi connectivity index (χ4v) is 5.38. The number of aromatic nitrogens is 1. The molecule has 1 aliphatic carbocycles. The van der Waals surface area contributed by atoms with E-state index in [1.165, 1.54) is 47.0 Å². The molecule has 0 saturated carbocycles. The Bertz CT molecular complexity index is 893. The zero-order chi connectivity index (χ0) is 20.5. The summed E-state index contributed by atoms with van der Waals surface area (Å²) in [5.41, 5.74) is 6.11. The van der Waals surface area contributed by atoms with Gasteiger partial charge >= 0.3 is 0 Å². The minimum atomic E-state index is -0.543. The van der Waals surface area contributed by atoms with Gasteiger partial charge in [0, 0.05) is 43.4 Å². The lowest BCUT2D eigenvalue weighted by Gasteiger charge is -2.33. The number of carbonyl (C=O) groups excluding carboxylic acids is 1. The number of aliphatic hydroxyl groups excluding tert-OH is 1. The molecule has 4 rings (SSSR count). The van der Waals surface area contributed by atoms with Crippen LogP contribution in [0.3, 0.4) is 0 Å². The third-order valence-electron chi connectivity index (χ3n) is 6.95. The van der Waals surface area contributed by atoms with Gasteiger partial charge in [-0.25, -0.2) is 0 Å². The van der Waals surface area contributed by atoms with Crippen molar-refractivity contribution in [1.29, 1.82) is 0 Å². The highest BCUT2D eigenvalue weighted by molar-refractivity contribution is 6.00. The molecule has 1 fully saturated rings. The van der Waals surface area contributed by atoms with Gasteiger partial charge in [0.1, 0.15) is 0 Å². The molecule has 2 aromatic rings. The van der Waals surface area contributed by atoms with E-state index in [9.17, 15) is 9.90 Å². The number of carbonyl (C=O) groups is 1. The number of aliphatic hydroxyl groups is 1. The largest absolute Gasteiger partial charge is 0.392 e. The number of nitrogens with one attached hydrogen (secondary N) is 1. The van der Waals surface area contributed by atoms with Gasteiger partial charge in [-0.15, -0.1) is 0 Å². The van der Waals surface area contributed by atoms with E-state index in [4.69, 9.17) is 4.74 Å². The van der Waals surface area contributed by atoms with Gasteiger partial charge < -0.3 is 19.7 Å². The fraction of sp³-hybridized carbons (Fsp3) is 0.625. The number of hydrogen-bond acceptors (Lipinski definition) is 3. The SMILES string of the molecule is CCc1cc(C(=O)NCC(C)O)cc2c3c(n(C)c12)CCC(C1CCOCC1)C3. The smallest absolute Gasteiger partial charge is 0.251 e. The first-order chi connectivity index (χ1) is 14.0. The van der Waals surface area contributed by atoms with Crippen molar-refractivity contribution in [3.8, 4) is 0 Å². The monoisotopic (exact) mass is 398 g/mol. The average Bonchev–Trinajstić information content (AvgIpc) is 3.03. The molecule has 2 aliphatic rings. The summed E-state index contributed by atoms with van der Waals surface area (Å²) < 4.78 is 7.96. The van der Waals surface area contributed by atoms with Crippen molar-refractivity contribution in [3.05, 3.63) is 34.5 Å². The number of hydrogen-bond donors (Lipinski definition) is 2. The van der Waals surface area contributed by atoms with Crippen LogP contribution in [0.25, 0.3) is 10.9 Å². The van der Waals surface area contributed by atoms with Crippen molar-refractivity contribution >= 4 is 16.8 Å². The van der Waals surface area contributed by atoms with Crippen LogP contribution in [0.4, 0.5) is 0 Å². The van der Waals surface area contributed by atoms with E-state index in [0.29, 0.717) is 5.56 Å². The van der Waals surface area contributed by atoms with E-state index in [-0.39, 0.29) is 12.5 Å². The molecule has 158 valence electrons. The van der Waals surface area contributed by atoms with Crippen LogP contribution < -0.4 is 5.32 Å². The summed E-state index contributed by atoms with van der Waals surface area (Å²) >= 11 is 0. The number of amides is 1. The molecule has 0 radical (unpaired) electrons. The molecule has 2 heterocycles. The molecule has 2 unspecified atom stereocenters. The first kappa shape index (κ1) is 20.4. The minimum absolute atomic E-state index is 0.100. The lowest BCUT2D eigenvalue weighted by molar-refractivity contribution is 0.0439. The molecule has 0 bridgehead atoms. The third kappa shape index (κ3) is 3.95. The molecule has 2 atom stereocenters. The Morgan fingerprint density at radius 2 is 2.03 bits per heavy atom. The summed E-state index contributed by atoms with van der Waals surface area (Å²) in [7, 11) is 2.18. The number of rotatable bonds is 5. The van der Waals surface area contributed by atoms with Gasteiger partial charge in [-0.1, -0.05) is 6.92 Å². The Balaban J connectivity index is 1.71. The van der Waals surface area contributed by atoms with Crippen molar-refractivity contribution in [2.75, 3.05) is 19.8 Å². The summed E-state index contributed by atoms with van der Waals surface area (Å²) in [6.07, 6.45) is 6.20. The molecular formula is C24H34N2O3. The van der Waals surface area contributed by atoms with Gasteiger partial charge in [0.25, 0.3) is 5.91 Å². The van der Waals surface area contributed by atoms with Crippen molar-refractivity contribution < 1.29 is 14.6 Å². The van der Waals surface area contributed by atoms with Crippen LogP contribution in [0.15, 0.2) is 12.1 Å². The summed E-state index contributed by atoms with van der Waals surface area (Å²) in [5.74, 6) is 1.38. The molecule has 0 spiro atoms. The fourth-order valence-electron chi connectivity index (χ4n) is 5.38. The molecule has 1 aromatic carbocycles. The second-order valence-corrected chi connectivity index (χ2v) is 8.88. The maximum absolute atomic E-state index is 12.7. The van der Waals surface area contributed by atoms with Crippen LogP contribution >= 0.6 is 0 Å². The summed E-state index contributed by atoms with van der Waals surface area (Å²) in [5, 5.41) is 13.6. The quantitative estimate of drug-likeness (QED) is 0.812. The summed E-state index contributed by atoms with van der Waals surface area (Å²) in [6.45, 7) is 5.92. The van der Waals surface area contributed by atoms with E-state index >= 15 is 0 Å². The van der Waals surface area contributed by atoms with Gasteiger partial charge in [0.15, 0.2) is 0 Å². The Morgan fingerprint density at radius 1 is 1.28 bits per heavy atom. The van der Waals surface area contributed by atoms with Gasteiger partial charge in [-0.3, -0.25) is 4.79 Å². The second-order valence-electron chi connectivity index (χ2n) is 8.88. The topological polar surface area (TPSA) is 63.5 Å². The molecule has 1 saturated heterocycles. The highest BCUT2D eigenvalue weighted by Gasteiger charge is 2.31. The lowest BCUT2D eigenvalue weighted by atomic mass is 9.75. The number of fused-ring (bicyclic) bond motifs is 3. The predicted molar refractivity (Wildman–Crippen MR) is 115 cm³/mol. The standard InChI is InChI=1S/C24H34N2O3/c1-4-16-11-19(24(28)25-14-15(2)27)13-21-20-12-18(17-7-9-29-10-8-17)5-6-22(20)26(3)23(16)21/h11,13,15,17-18,27H,4-10,12,14H2,1-3H3,(H,25,28). The minimum Gasteiger partial charge on any atom is -0.392 e. The van der Waals surface area contributed by atoms with E-state index in [2.05, 4.69) is 29.9 Å². The van der Waals surface area contributed by atoms with Crippen LogP contribution in [-0.2, 0) is 31.0 Å². The Kier molecular flexibility index (Phi) is 5.98. The molecule has 1 aliphatic heterocycles. The van der Waals surface area contributed by atoms with E-state index in [1.807, 2.05) is 6.07 Å². The number of nitrogens with zero attached hydrogens (tertiary/aromatic N) is 1. The Morgan fingerprint density at radius 3 is 2.72 bits per heavy atom. The zero-order valence-corrected chi connectivity index (χ0v) is 18.0. The molecule has 1 amide bonds. The van der Waals surface area contributed by atoms with Gasteiger partial charge in [0.05, 0.1) is 11.6 Å². The first-order valence-electron chi connectivity index (χ1n) is 11.2. The van der Waals surface area contributed by atoms with Crippen molar-refractivity contribution in [2.45, 2.75) is 58.5 Å². The molecule has 5 heteroatoms. The van der Waals surface area contributed by atoms with Crippen LogP contribution in [0.1, 0.15) is 60.3 Å². The van der Waals surface area contributed by atoms with E-state index in [0.717, 1.165) is 44.3 Å². The number of ether oxygens (including phenoxy) is 1. The summed E-state index contributed by atoms with van der Waals surface area (Å²) in [4.78, 5) is 12.7.